The first-order chi connectivity index (χ1) is 10.4. The Morgan fingerprint density at radius 2 is 1.83 bits per heavy atom. The van der Waals surface area contributed by atoms with Crippen molar-refractivity contribution < 1.29 is 23.0 Å². The standard InChI is InChI=1S/C15H19N2O5S/c1-14(2)9-12(15(3,4)17(14)19)13(18)16-10-6-5-7-11(8-10)23(20,21)22/h5-9H,1-4H3,(H,16,18)(H,20,21,22). The Morgan fingerprint density at radius 3 is 2.30 bits per heavy atom. The maximum absolute atomic E-state index is 12.5. The quantitative estimate of drug-likeness (QED) is 0.819. The van der Waals surface area contributed by atoms with E-state index in [1.807, 2.05) is 0 Å². The number of hydrogen-bond acceptors (Lipinski definition) is 4. The Labute approximate surface area is 135 Å². The van der Waals surface area contributed by atoms with Crippen LogP contribution in [0, 0.1) is 0 Å². The molecule has 7 nitrogen and oxygen atoms in total. The van der Waals surface area contributed by atoms with Gasteiger partial charge in [-0.1, -0.05) is 12.1 Å². The van der Waals surface area contributed by atoms with Crippen LogP contribution in [0.5, 0.6) is 0 Å². The molecule has 1 heterocycles. The Hall–Kier alpha value is -1.74. The van der Waals surface area contributed by atoms with Gasteiger partial charge in [0.2, 0.25) is 0 Å². The molecule has 2 N–H and O–H groups in total. The summed E-state index contributed by atoms with van der Waals surface area (Å²) in [7, 11) is -4.35. The molecule has 2 rings (SSSR count). The molecular weight excluding hydrogens is 320 g/mol. The van der Waals surface area contributed by atoms with E-state index in [4.69, 9.17) is 4.55 Å². The first kappa shape index (κ1) is 17.6. The molecular formula is C15H19N2O5S. The summed E-state index contributed by atoms with van der Waals surface area (Å²) in [5.41, 5.74) is -1.31. The van der Waals surface area contributed by atoms with Gasteiger partial charge in [0.15, 0.2) is 0 Å². The molecule has 0 spiro atoms. The van der Waals surface area contributed by atoms with Crippen LogP contribution in [0.2, 0.25) is 0 Å². The fourth-order valence-corrected chi connectivity index (χ4v) is 3.22. The second-order valence-corrected chi connectivity index (χ2v) is 7.94. The summed E-state index contributed by atoms with van der Waals surface area (Å²) in [6.07, 6.45) is 1.60. The molecule has 1 aliphatic rings. The number of hydroxylamine groups is 2. The van der Waals surface area contributed by atoms with Gasteiger partial charge in [0.05, 0.1) is 16.0 Å². The minimum atomic E-state index is -4.35. The molecule has 1 aromatic carbocycles. The summed E-state index contributed by atoms with van der Waals surface area (Å²) >= 11 is 0. The predicted octanol–water partition coefficient (Wildman–Crippen LogP) is 2.02. The average molecular weight is 339 g/mol. The maximum Gasteiger partial charge on any atom is 0.294 e. The Kier molecular flexibility index (Phi) is 4.15. The highest BCUT2D eigenvalue weighted by Gasteiger charge is 2.48. The number of nitrogens with zero attached hydrogens (tertiary/aromatic N) is 1. The van der Waals surface area contributed by atoms with Crippen molar-refractivity contribution in [1.82, 2.24) is 5.06 Å². The normalized spacial score (nSPS) is 20.2. The van der Waals surface area contributed by atoms with E-state index in [0.717, 1.165) is 11.1 Å². The fourth-order valence-electron chi connectivity index (χ4n) is 2.69. The van der Waals surface area contributed by atoms with Crippen LogP contribution in [0.4, 0.5) is 5.69 Å². The van der Waals surface area contributed by atoms with Crippen LogP contribution in [0.1, 0.15) is 27.7 Å². The van der Waals surface area contributed by atoms with E-state index in [-0.39, 0.29) is 10.6 Å². The van der Waals surface area contributed by atoms with Crippen molar-refractivity contribution in [3.05, 3.63) is 35.9 Å². The van der Waals surface area contributed by atoms with Crippen LogP contribution >= 0.6 is 0 Å². The summed E-state index contributed by atoms with van der Waals surface area (Å²) in [6, 6.07) is 5.26. The number of benzene rings is 1. The number of nitrogens with one attached hydrogen (secondary N) is 1. The van der Waals surface area contributed by atoms with Crippen molar-refractivity contribution in [2.45, 2.75) is 43.7 Å². The van der Waals surface area contributed by atoms with Gasteiger partial charge < -0.3 is 5.32 Å². The number of amides is 1. The zero-order valence-corrected chi connectivity index (χ0v) is 14.1. The van der Waals surface area contributed by atoms with Crippen LogP contribution in [0.3, 0.4) is 0 Å². The minimum absolute atomic E-state index is 0.212. The highest BCUT2D eigenvalue weighted by atomic mass is 32.2. The van der Waals surface area contributed by atoms with Crippen LogP contribution in [-0.4, -0.2) is 35.0 Å². The molecule has 0 saturated heterocycles. The second-order valence-electron chi connectivity index (χ2n) is 6.52. The van der Waals surface area contributed by atoms with Crippen LogP contribution in [0.15, 0.2) is 40.8 Å². The summed E-state index contributed by atoms with van der Waals surface area (Å²) in [5.74, 6) is -0.492. The van der Waals surface area contributed by atoms with Gasteiger partial charge in [0, 0.05) is 11.3 Å². The molecule has 1 amide bonds. The zero-order valence-electron chi connectivity index (χ0n) is 13.3. The Balaban J connectivity index is 2.30. The minimum Gasteiger partial charge on any atom is -0.322 e. The summed E-state index contributed by atoms with van der Waals surface area (Å²) < 4.78 is 31.3. The summed E-state index contributed by atoms with van der Waals surface area (Å²) in [6.45, 7) is 6.71. The molecule has 0 aliphatic carbocycles. The van der Waals surface area contributed by atoms with Gasteiger partial charge >= 0.3 is 0 Å². The fraction of sp³-hybridized carbons (Fsp3) is 0.400. The van der Waals surface area contributed by atoms with Crippen molar-refractivity contribution in [3.63, 3.8) is 0 Å². The molecule has 125 valence electrons. The first-order valence-electron chi connectivity index (χ1n) is 6.95. The predicted molar refractivity (Wildman–Crippen MR) is 83.7 cm³/mol. The molecule has 1 aromatic rings. The van der Waals surface area contributed by atoms with Crippen molar-refractivity contribution in [1.29, 1.82) is 0 Å². The largest absolute Gasteiger partial charge is 0.322 e. The van der Waals surface area contributed by atoms with E-state index in [0.29, 0.717) is 5.57 Å². The van der Waals surface area contributed by atoms with Crippen LogP contribution in [0.25, 0.3) is 0 Å². The van der Waals surface area contributed by atoms with Crippen molar-refractivity contribution in [2.75, 3.05) is 5.32 Å². The SMILES string of the molecule is CC1(C)C=C(C(=O)Nc2cccc(S(=O)(=O)O)c2)C(C)(C)N1[O]. The van der Waals surface area contributed by atoms with Gasteiger partial charge in [-0.25, -0.2) is 0 Å². The van der Waals surface area contributed by atoms with E-state index in [2.05, 4.69) is 5.32 Å². The smallest absolute Gasteiger partial charge is 0.294 e. The molecule has 0 unspecified atom stereocenters. The van der Waals surface area contributed by atoms with Crippen LogP contribution < -0.4 is 5.32 Å². The highest BCUT2D eigenvalue weighted by Crippen LogP contribution is 2.39. The lowest BCUT2D eigenvalue weighted by Gasteiger charge is -2.33. The monoisotopic (exact) mass is 339 g/mol. The third kappa shape index (κ3) is 3.30. The number of anilines is 1. The molecule has 1 aliphatic heterocycles. The lowest BCUT2D eigenvalue weighted by Crippen LogP contribution is -2.48. The third-order valence-corrected chi connectivity index (χ3v) is 4.67. The van der Waals surface area contributed by atoms with Gasteiger partial charge in [-0.3, -0.25) is 9.35 Å². The Bertz CT molecular complexity index is 781. The van der Waals surface area contributed by atoms with Crippen molar-refractivity contribution in [2.24, 2.45) is 0 Å². The van der Waals surface area contributed by atoms with Crippen molar-refractivity contribution >= 4 is 21.7 Å². The molecule has 0 saturated carbocycles. The Morgan fingerprint density at radius 1 is 1.22 bits per heavy atom. The number of hydrogen-bond donors (Lipinski definition) is 2. The number of carbonyl (C=O) groups excluding carboxylic acids is 1. The van der Waals surface area contributed by atoms with E-state index in [9.17, 15) is 18.4 Å². The van der Waals surface area contributed by atoms with Gasteiger partial charge in [-0.15, -0.1) is 10.3 Å². The molecule has 0 fully saturated rings. The highest BCUT2D eigenvalue weighted by molar-refractivity contribution is 7.85. The topological polar surface area (TPSA) is 107 Å². The van der Waals surface area contributed by atoms with E-state index < -0.39 is 27.1 Å². The van der Waals surface area contributed by atoms with Gasteiger partial charge in [0.1, 0.15) is 0 Å². The van der Waals surface area contributed by atoms with E-state index in [1.54, 1.807) is 33.8 Å². The van der Waals surface area contributed by atoms with Crippen LogP contribution in [-0.2, 0) is 20.1 Å². The molecule has 0 atom stereocenters. The molecule has 23 heavy (non-hydrogen) atoms. The second kappa shape index (κ2) is 5.41. The summed E-state index contributed by atoms with van der Waals surface area (Å²) in [4.78, 5) is 12.1. The molecule has 0 bridgehead atoms. The van der Waals surface area contributed by atoms with E-state index >= 15 is 0 Å². The van der Waals surface area contributed by atoms with Gasteiger partial charge in [-0.2, -0.15) is 8.42 Å². The van der Waals surface area contributed by atoms with E-state index in [1.165, 1.54) is 18.2 Å². The first-order valence-corrected chi connectivity index (χ1v) is 8.39. The third-order valence-electron chi connectivity index (χ3n) is 3.82. The zero-order chi connectivity index (χ0) is 17.6. The van der Waals surface area contributed by atoms with Gasteiger partial charge in [0.25, 0.3) is 16.0 Å². The average Bonchev–Trinajstić information content (AvgIpc) is 2.58. The molecule has 1 radical (unpaired) electrons. The molecule has 0 aromatic heterocycles. The number of carbonyl (C=O) groups is 1. The van der Waals surface area contributed by atoms with Crippen molar-refractivity contribution in [3.8, 4) is 0 Å². The maximum atomic E-state index is 12.5. The molecule has 8 heteroatoms. The number of rotatable bonds is 3. The van der Waals surface area contributed by atoms with Gasteiger partial charge in [-0.05, 0) is 45.9 Å². The summed E-state index contributed by atoms with van der Waals surface area (Å²) in [5, 5.41) is 15.7. The lowest BCUT2D eigenvalue weighted by atomic mass is 9.96. The lowest BCUT2D eigenvalue weighted by molar-refractivity contribution is -0.238.